The van der Waals surface area contributed by atoms with Crippen molar-refractivity contribution in [2.75, 3.05) is 6.61 Å². The third-order valence-corrected chi connectivity index (χ3v) is 4.56. The molecule has 1 saturated carbocycles. The SMILES string of the molecule is CCOC1(C(O)c2cccc(CC)c2)CCCCCC1. The van der Waals surface area contributed by atoms with Crippen LogP contribution in [0.5, 0.6) is 0 Å². The van der Waals surface area contributed by atoms with E-state index < -0.39 is 6.10 Å². The van der Waals surface area contributed by atoms with Crippen LogP contribution in [0.15, 0.2) is 24.3 Å². The Morgan fingerprint density at radius 2 is 1.85 bits per heavy atom. The fraction of sp³-hybridized carbons (Fsp3) is 0.667. The minimum atomic E-state index is -0.507. The lowest BCUT2D eigenvalue weighted by Gasteiger charge is -2.37. The maximum absolute atomic E-state index is 10.9. The number of hydrogen-bond acceptors (Lipinski definition) is 2. The first-order valence-electron chi connectivity index (χ1n) is 8.12. The second-order valence-corrected chi connectivity index (χ2v) is 5.91. The molecular formula is C18H28O2. The summed E-state index contributed by atoms with van der Waals surface area (Å²) < 4.78 is 6.09. The molecule has 2 rings (SSSR count). The van der Waals surface area contributed by atoms with E-state index in [-0.39, 0.29) is 5.60 Å². The number of aryl methyl sites for hydroxylation is 1. The van der Waals surface area contributed by atoms with E-state index in [1.807, 2.05) is 19.1 Å². The highest BCUT2D eigenvalue weighted by Crippen LogP contribution is 2.40. The topological polar surface area (TPSA) is 29.5 Å². The molecule has 0 aliphatic heterocycles. The molecule has 112 valence electrons. The van der Waals surface area contributed by atoms with Crippen LogP contribution in [0, 0.1) is 0 Å². The lowest BCUT2D eigenvalue weighted by Crippen LogP contribution is -2.39. The summed E-state index contributed by atoms with van der Waals surface area (Å²) in [4.78, 5) is 0. The highest BCUT2D eigenvalue weighted by Gasteiger charge is 2.39. The van der Waals surface area contributed by atoms with Gasteiger partial charge in [-0.25, -0.2) is 0 Å². The maximum atomic E-state index is 10.9. The summed E-state index contributed by atoms with van der Waals surface area (Å²) in [5.74, 6) is 0. The van der Waals surface area contributed by atoms with Crippen LogP contribution in [0.1, 0.15) is 69.6 Å². The van der Waals surface area contributed by atoms with Crippen molar-refractivity contribution in [2.45, 2.75) is 70.5 Å². The van der Waals surface area contributed by atoms with Crippen molar-refractivity contribution in [1.82, 2.24) is 0 Å². The molecule has 20 heavy (non-hydrogen) atoms. The number of benzene rings is 1. The molecule has 0 bridgehead atoms. The van der Waals surface area contributed by atoms with Crippen molar-refractivity contribution in [3.8, 4) is 0 Å². The Labute approximate surface area is 123 Å². The van der Waals surface area contributed by atoms with E-state index in [0.29, 0.717) is 6.61 Å². The van der Waals surface area contributed by atoms with Crippen molar-refractivity contribution < 1.29 is 9.84 Å². The fourth-order valence-electron chi connectivity index (χ4n) is 3.40. The van der Waals surface area contributed by atoms with Gasteiger partial charge in [0.15, 0.2) is 0 Å². The Bertz CT molecular complexity index is 406. The molecule has 1 unspecified atom stereocenters. The van der Waals surface area contributed by atoms with Crippen LogP contribution in [0.3, 0.4) is 0 Å². The monoisotopic (exact) mass is 276 g/mol. The van der Waals surface area contributed by atoms with Crippen LogP contribution >= 0.6 is 0 Å². The number of hydrogen-bond donors (Lipinski definition) is 1. The predicted molar refractivity (Wildman–Crippen MR) is 82.8 cm³/mol. The standard InChI is InChI=1S/C18H28O2/c1-3-15-10-9-11-16(14-15)17(19)18(20-4-2)12-7-5-6-8-13-18/h9-11,14,17,19H,3-8,12-13H2,1-2H3. The summed E-state index contributed by atoms with van der Waals surface area (Å²) in [6, 6.07) is 8.34. The van der Waals surface area contributed by atoms with Crippen molar-refractivity contribution >= 4 is 0 Å². The van der Waals surface area contributed by atoms with Gasteiger partial charge in [0.25, 0.3) is 0 Å². The van der Waals surface area contributed by atoms with Gasteiger partial charge in [0.05, 0.1) is 5.60 Å². The van der Waals surface area contributed by atoms with Crippen molar-refractivity contribution in [2.24, 2.45) is 0 Å². The molecule has 1 N–H and O–H groups in total. The van der Waals surface area contributed by atoms with Gasteiger partial charge in [-0.15, -0.1) is 0 Å². The minimum Gasteiger partial charge on any atom is -0.385 e. The molecule has 0 saturated heterocycles. The average molecular weight is 276 g/mol. The van der Waals surface area contributed by atoms with Crippen molar-refractivity contribution in [3.05, 3.63) is 35.4 Å². The molecular weight excluding hydrogens is 248 g/mol. The van der Waals surface area contributed by atoms with E-state index in [0.717, 1.165) is 37.7 Å². The molecule has 1 atom stereocenters. The highest BCUT2D eigenvalue weighted by atomic mass is 16.5. The molecule has 0 radical (unpaired) electrons. The second-order valence-electron chi connectivity index (χ2n) is 5.91. The molecule has 1 fully saturated rings. The molecule has 0 heterocycles. The summed E-state index contributed by atoms with van der Waals surface area (Å²) in [5.41, 5.74) is 1.92. The summed E-state index contributed by atoms with van der Waals surface area (Å²) in [5, 5.41) is 10.9. The van der Waals surface area contributed by atoms with Crippen LogP contribution in [0.4, 0.5) is 0 Å². The molecule has 1 aromatic carbocycles. The molecule has 1 aromatic rings. The van der Waals surface area contributed by atoms with Crippen LogP contribution in [-0.2, 0) is 11.2 Å². The Kier molecular flexibility index (Phi) is 5.62. The van der Waals surface area contributed by atoms with Gasteiger partial charge in [-0.2, -0.15) is 0 Å². The van der Waals surface area contributed by atoms with Gasteiger partial charge in [0, 0.05) is 6.61 Å². The summed E-state index contributed by atoms with van der Waals surface area (Å²) in [6.07, 6.45) is 7.27. The lowest BCUT2D eigenvalue weighted by atomic mass is 9.83. The zero-order valence-corrected chi connectivity index (χ0v) is 12.9. The zero-order chi connectivity index (χ0) is 14.4. The van der Waals surface area contributed by atoms with E-state index in [1.54, 1.807) is 0 Å². The molecule has 1 aliphatic rings. The molecule has 0 amide bonds. The predicted octanol–water partition coefficient (Wildman–Crippen LogP) is 4.41. The Morgan fingerprint density at radius 3 is 2.45 bits per heavy atom. The third kappa shape index (κ3) is 3.42. The number of ether oxygens (including phenoxy) is 1. The first-order chi connectivity index (χ1) is 9.72. The number of aliphatic hydroxyl groups excluding tert-OH is 1. The van der Waals surface area contributed by atoms with Gasteiger partial charge in [0.1, 0.15) is 6.10 Å². The molecule has 0 spiro atoms. The van der Waals surface area contributed by atoms with Crippen molar-refractivity contribution in [1.29, 1.82) is 0 Å². The van der Waals surface area contributed by atoms with Gasteiger partial charge < -0.3 is 9.84 Å². The van der Waals surface area contributed by atoms with E-state index in [2.05, 4.69) is 19.1 Å². The third-order valence-electron chi connectivity index (χ3n) is 4.56. The summed E-state index contributed by atoms with van der Waals surface area (Å²) >= 11 is 0. The second kappa shape index (κ2) is 7.24. The normalized spacial score (nSPS) is 20.4. The van der Waals surface area contributed by atoms with Crippen LogP contribution < -0.4 is 0 Å². The molecule has 2 heteroatoms. The smallest absolute Gasteiger partial charge is 0.108 e. The van der Waals surface area contributed by atoms with Crippen LogP contribution in [0.25, 0.3) is 0 Å². The summed E-state index contributed by atoms with van der Waals surface area (Å²) in [6.45, 7) is 4.85. The largest absolute Gasteiger partial charge is 0.385 e. The number of rotatable bonds is 5. The molecule has 1 aliphatic carbocycles. The van der Waals surface area contributed by atoms with Gasteiger partial charge >= 0.3 is 0 Å². The Hall–Kier alpha value is -0.860. The van der Waals surface area contributed by atoms with E-state index in [9.17, 15) is 5.11 Å². The summed E-state index contributed by atoms with van der Waals surface area (Å²) in [7, 11) is 0. The first kappa shape index (κ1) is 15.5. The maximum Gasteiger partial charge on any atom is 0.108 e. The van der Waals surface area contributed by atoms with Gasteiger partial charge in [-0.3, -0.25) is 0 Å². The molecule has 0 aromatic heterocycles. The highest BCUT2D eigenvalue weighted by molar-refractivity contribution is 5.27. The lowest BCUT2D eigenvalue weighted by molar-refractivity contribution is -0.131. The number of aliphatic hydroxyl groups is 1. The van der Waals surface area contributed by atoms with E-state index >= 15 is 0 Å². The minimum absolute atomic E-state index is 0.377. The quantitative estimate of drug-likeness (QED) is 0.807. The molecule has 2 nitrogen and oxygen atoms in total. The van der Waals surface area contributed by atoms with Gasteiger partial charge in [-0.1, -0.05) is 56.9 Å². The average Bonchev–Trinajstić information content (AvgIpc) is 2.73. The van der Waals surface area contributed by atoms with Crippen LogP contribution in [0.2, 0.25) is 0 Å². The van der Waals surface area contributed by atoms with E-state index in [1.165, 1.54) is 18.4 Å². The van der Waals surface area contributed by atoms with Crippen molar-refractivity contribution in [3.63, 3.8) is 0 Å². The fourth-order valence-corrected chi connectivity index (χ4v) is 3.40. The Balaban J connectivity index is 2.26. The van der Waals surface area contributed by atoms with E-state index in [4.69, 9.17) is 4.74 Å². The zero-order valence-electron chi connectivity index (χ0n) is 12.9. The Morgan fingerprint density at radius 1 is 1.15 bits per heavy atom. The first-order valence-corrected chi connectivity index (χ1v) is 8.12. The van der Waals surface area contributed by atoms with Gasteiger partial charge in [0.2, 0.25) is 0 Å². The van der Waals surface area contributed by atoms with Crippen LogP contribution in [-0.4, -0.2) is 17.3 Å². The van der Waals surface area contributed by atoms with Gasteiger partial charge in [-0.05, 0) is 37.3 Å².